The molecule has 0 fully saturated rings. The lowest BCUT2D eigenvalue weighted by atomic mass is 10.1. The zero-order valence-corrected chi connectivity index (χ0v) is 13.0. The lowest BCUT2D eigenvalue weighted by Gasteiger charge is -2.16. The van der Waals surface area contributed by atoms with E-state index in [0.717, 1.165) is 11.3 Å². The number of hydrogen-bond acceptors (Lipinski definition) is 6. The highest BCUT2D eigenvalue weighted by Crippen LogP contribution is 2.47. The summed E-state index contributed by atoms with van der Waals surface area (Å²) in [7, 11) is 3.01. The van der Waals surface area contributed by atoms with Crippen LogP contribution in [0.1, 0.15) is 5.56 Å². The third kappa shape index (κ3) is 2.80. The molecule has 114 valence electrons. The SMILES string of the molecule is CN(C)c1c([N+](=O)[O-])cc(C(F)(F)F)c2sc(=S=O)sc12. The van der Waals surface area contributed by atoms with E-state index in [1.165, 1.54) is 19.0 Å². The van der Waals surface area contributed by atoms with E-state index in [4.69, 9.17) is 0 Å². The summed E-state index contributed by atoms with van der Waals surface area (Å²) in [5, 5.41) is 11.1. The fourth-order valence-electron chi connectivity index (χ4n) is 1.82. The highest BCUT2D eigenvalue weighted by atomic mass is 32.2. The summed E-state index contributed by atoms with van der Waals surface area (Å²) in [6.45, 7) is 0. The summed E-state index contributed by atoms with van der Waals surface area (Å²) in [4.78, 5) is 11.6. The van der Waals surface area contributed by atoms with Gasteiger partial charge in [-0.05, 0) is 0 Å². The predicted octanol–water partition coefficient (Wildman–Crippen LogP) is 3.70. The van der Waals surface area contributed by atoms with E-state index in [1.54, 1.807) is 0 Å². The lowest BCUT2D eigenvalue weighted by Crippen LogP contribution is -2.13. The fraction of sp³-hybridized carbons (Fsp3) is 0.300. The Morgan fingerprint density at radius 1 is 1.29 bits per heavy atom. The van der Waals surface area contributed by atoms with Crippen LogP contribution < -0.4 is 4.90 Å². The topological polar surface area (TPSA) is 63.4 Å². The molecule has 0 unspecified atom stereocenters. The molecule has 11 heteroatoms. The molecule has 0 aliphatic heterocycles. The van der Waals surface area contributed by atoms with Gasteiger partial charge >= 0.3 is 6.18 Å². The molecule has 1 heterocycles. The highest BCUT2D eigenvalue weighted by molar-refractivity contribution is 7.65. The predicted molar refractivity (Wildman–Crippen MR) is 77.1 cm³/mol. The fourth-order valence-corrected chi connectivity index (χ4v) is 4.90. The second-order valence-electron chi connectivity index (χ2n) is 4.14. The van der Waals surface area contributed by atoms with Crippen LogP contribution >= 0.6 is 22.7 Å². The number of anilines is 1. The zero-order valence-electron chi connectivity index (χ0n) is 10.6. The molecular weight excluding hydrogens is 349 g/mol. The monoisotopic (exact) mass is 356 g/mol. The number of alkyl halides is 3. The van der Waals surface area contributed by atoms with E-state index >= 15 is 0 Å². The van der Waals surface area contributed by atoms with Gasteiger partial charge in [-0.3, -0.25) is 10.1 Å². The van der Waals surface area contributed by atoms with Crippen molar-refractivity contribution in [3.8, 4) is 0 Å². The van der Waals surface area contributed by atoms with E-state index in [-0.39, 0.29) is 29.5 Å². The average molecular weight is 356 g/mol. The van der Waals surface area contributed by atoms with Crippen molar-refractivity contribution in [3.63, 3.8) is 0 Å². The molecule has 0 bridgehead atoms. The Hall–Kier alpha value is -1.46. The van der Waals surface area contributed by atoms with Crippen LogP contribution in [-0.2, 0) is 17.4 Å². The van der Waals surface area contributed by atoms with E-state index in [2.05, 4.69) is 0 Å². The average Bonchev–Trinajstić information content (AvgIpc) is 2.78. The third-order valence-electron chi connectivity index (χ3n) is 2.58. The Morgan fingerprint density at radius 3 is 2.29 bits per heavy atom. The molecule has 2 rings (SSSR count). The van der Waals surface area contributed by atoms with Crippen molar-refractivity contribution in [2.45, 2.75) is 6.18 Å². The molecule has 0 radical (unpaired) electrons. The van der Waals surface area contributed by atoms with Gasteiger partial charge in [0.1, 0.15) is 16.9 Å². The molecule has 1 aromatic heterocycles. The van der Waals surface area contributed by atoms with Crippen LogP contribution in [0.5, 0.6) is 0 Å². The number of halogens is 3. The van der Waals surface area contributed by atoms with Gasteiger partial charge in [0.25, 0.3) is 5.69 Å². The number of nitrogens with zero attached hydrogens (tertiary/aromatic N) is 2. The smallest absolute Gasteiger partial charge is 0.371 e. The van der Waals surface area contributed by atoms with Crippen LogP contribution in [0.2, 0.25) is 0 Å². The summed E-state index contributed by atoms with van der Waals surface area (Å²) >= 11 is 1.62. The lowest BCUT2D eigenvalue weighted by molar-refractivity contribution is -0.384. The third-order valence-corrected chi connectivity index (χ3v) is 5.81. The van der Waals surface area contributed by atoms with E-state index < -0.39 is 22.4 Å². The summed E-state index contributed by atoms with van der Waals surface area (Å²) in [5.41, 5.74) is -1.64. The quantitative estimate of drug-likeness (QED) is 0.468. The van der Waals surface area contributed by atoms with Gasteiger partial charge < -0.3 is 4.90 Å². The number of nitro groups is 1. The van der Waals surface area contributed by atoms with Crippen LogP contribution in [0, 0.1) is 13.3 Å². The number of rotatable bonds is 2. The number of hydrogen-bond donors (Lipinski definition) is 0. The summed E-state index contributed by atoms with van der Waals surface area (Å²) in [6, 6.07) is 0.528. The molecule has 0 N–H and O–H groups in total. The van der Waals surface area contributed by atoms with Gasteiger partial charge in [0.2, 0.25) is 0 Å². The summed E-state index contributed by atoms with van der Waals surface area (Å²) in [5.74, 6) is 0. The Balaban J connectivity index is 3.08. The molecule has 0 amide bonds. The van der Waals surface area contributed by atoms with Crippen molar-refractivity contribution >= 4 is 54.7 Å². The standard InChI is InChI=1S/C10H7F3N2O3S3/c1-14(2)6-5(15(16)17)3-4(10(11,12)13)7-8(6)20-9(19-7)21-18/h3H,1-2H3. The van der Waals surface area contributed by atoms with Gasteiger partial charge in [-0.15, -0.1) is 22.7 Å². The van der Waals surface area contributed by atoms with Gasteiger partial charge in [-0.25, -0.2) is 4.21 Å². The summed E-state index contributed by atoms with van der Waals surface area (Å²) < 4.78 is 50.3. The number of fused-ring (bicyclic) bond motifs is 1. The Kier molecular flexibility index (Phi) is 4.08. The van der Waals surface area contributed by atoms with E-state index in [1.807, 2.05) is 0 Å². The van der Waals surface area contributed by atoms with Crippen molar-refractivity contribution in [2.75, 3.05) is 19.0 Å². The van der Waals surface area contributed by atoms with Crippen molar-refractivity contribution in [2.24, 2.45) is 0 Å². The second-order valence-corrected chi connectivity index (χ2v) is 7.53. The minimum Gasteiger partial charge on any atom is -0.371 e. The molecule has 0 saturated carbocycles. The number of benzene rings is 1. The Bertz CT molecular complexity index is 819. The first-order chi connectivity index (χ1) is 9.66. The van der Waals surface area contributed by atoms with Crippen LogP contribution in [0.25, 0.3) is 9.40 Å². The summed E-state index contributed by atoms with van der Waals surface area (Å²) in [6.07, 6.45) is -4.73. The molecule has 0 saturated heterocycles. The maximum Gasteiger partial charge on any atom is 0.418 e. The maximum absolute atomic E-state index is 13.1. The molecule has 0 spiro atoms. The molecule has 0 atom stereocenters. The highest BCUT2D eigenvalue weighted by Gasteiger charge is 2.37. The van der Waals surface area contributed by atoms with Crippen LogP contribution in [0.3, 0.4) is 0 Å². The maximum atomic E-state index is 13.1. The Morgan fingerprint density at radius 2 is 1.86 bits per heavy atom. The molecule has 21 heavy (non-hydrogen) atoms. The number of nitro benzene ring substituents is 1. The van der Waals surface area contributed by atoms with Gasteiger partial charge in [-0.1, -0.05) is 0 Å². The first-order valence-corrected chi connectivity index (χ1v) is 7.66. The van der Waals surface area contributed by atoms with E-state index in [9.17, 15) is 27.5 Å². The van der Waals surface area contributed by atoms with Crippen LogP contribution in [-0.4, -0.2) is 23.2 Å². The molecule has 1 aromatic carbocycles. The molecule has 2 aromatic rings. The van der Waals surface area contributed by atoms with E-state index in [0.29, 0.717) is 17.4 Å². The minimum atomic E-state index is -4.73. The van der Waals surface area contributed by atoms with Crippen molar-refractivity contribution in [1.29, 1.82) is 0 Å². The van der Waals surface area contributed by atoms with Crippen LogP contribution in [0.4, 0.5) is 24.5 Å². The van der Waals surface area contributed by atoms with Gasteiger partial charge in [0, 0.05) is 20.2 Å². The van der Waals surface area contributed by atoms with Crippen molar-refractivity contribution < 1.29 is 22.3 Å². The largest absolute Gasteiger partial charge is 0.418 e. The normalized spacial score (nSPS) is 11.7. The molecule has 0 aliphatic carbocycles. The van der Waals surface area contributed by atoms with Crippen molar-refractivity contribution in [3.05, 3.63) is 24.9 Å². The molecule has 5 nitrogen and oxygen atoms in total. The van der Waals surface area contributed by atoms with Gasteiger partial charge in [-0.2, -0.15) is 13.2 Å². The van der Waals surface area contributed by atoms with Gasteiger partial charge in [0.05, 0.1) is 19.9 Å². The Labute approximate surface area is 127 Å². The molecule has 0 aliphatic rings. The first-order valence-electron chi connectivity index (χ1n) is 5.29. The molecular formula is C10H7F3N2O3S3. The van der Waals surface area contributed by atoms with Crippen LogP contribution in [0.15, 0.2) is 6.07 Å². The van der Waals surface area contributed by atoms with Gasteiger partial charge in [0.15, 0.2) is 3.14 Å². The second kappa shape index (κ2) is 5.39. The first kappa shape index (κ1) is 15.9. The minimum absolute atomic E-state index is 0.0737. The zero-order chi connectivity index (χ0) is 15.9. The van der Waals surface area contributed by atoms with Crippen molar-refractivity contribution in [1.82, 2.24) is 0 Å².